The Labute approximate surface area is 124 Å². The van der Waals surface area contributed by atoms with Crippen LogP contribution in [0.5, 0.6) is 5.75 Å². The molecule has 0 aliphatic heterocycles. The minimum absolute atomic E-state index is 0.111. The lowest BCUT2D eigenvalue weighted by Crippen LogP contribution is -2.24. The molecule has 0 amide bonds. The Morgan fingerprint density at radius 2 is 1.76 bits per heavy atom. The van der Waals surface area contributed by atoms with E-state index in [4.69, 9.17) is 4.74 Å². The van der Waals surface area contributed by atoms with Gasteiger partial charge in [0.1, 0.15) is 0 Å². The van der Waals surface area contributed by atoms with Crippen LogP contribution in [0.25, 0.3) is 0 Å². The van der Waals surface area contributed by atoms with Gasteiger partial charge in [0, 0.05) is 5.56 Å². The van der Waals surface area contributed by atoms with E-state index >= 15 is 0 Å². The highest BCUT2D eigenvalue weighted by atomic mass is 19.1. The van der Waals surface area contributed by atoms with Gasteiger partial charge in [-0.25, -0.2) is 4.39 Å². The van der Waals surface area contributed by atoms with Gasteiger partial charge in [-0.3, -0.25) is 4.79 Å². The second-order valence-electron chi connectivity index (χ2n) is 5.36. The molecule has 1 atom stereocenters. The Morgan fingerprint density at radius 3 is 2.43 bits per heavy atom. The molecule has 21 heavy (non-hydrogen) atoms. The smallest absolute Gasteiger partial charge is 0.203 e. The predicted molar refractivity (Wildman–Crippen MR) is 81.5 cm³/mol. The number of benzene rings is 2. The average molecular weight is 286 g/mol. The van der Waals surface area contributed by atoms with E-state index in [1.165, 1.54) is 6.07 Å². The Hall–Kier alpha value is -2.16. The number of carbonyl (C=O) groups excluding carboxylic acids is 1. The van der Waals surface area contributed by atoms with Crippen LogP contribution in [0.4, 0.5) is 4.39 Å². The van der Waals surface area contributed by atoms with Gasteiger partial charge in [0.05, 0.1) is 0 Å². The van der Waals surface area contributed by atoms with Crippen LogP contribution in [0.1, 0.15) is 34.0 Å². The normalized spacial score (nSPS) is 12.0. The van der Waals surface area contributed by atoms with Crippen molar-refractivity contribution in [1.29, 1.82) is 0 Å². The van der Waals surface area contributed by atoms with Crippen LogP contribution >= 0.6 is 0 Å². The third-order valence-electron chi connectivity index (χ3n) is 3.55. The van der Waals surface area contributed by atoms with Crippen LogP contribution in [0.2, 0.25) is 0 Å². The van der Waals surface area contributed by atoms with E-state index in [9.17, 15) is 9.18 Å². The second-order valence-corrected chi connectivity index (χ2v) is 5.36. The highest BCUT2D eigenvalue weighted by molar-refractivity contribution is 5.99. The topological polar surface area (TPSA) is 26.3 Å². The lowest BCUT2D eigenvalue weighted by Gasteiger charge is -2.15. The Balaban J connectivity index is 2.19. The number of hydrogen-bond donors (Lipinski definition) is 0. The Kier molecular flexibility index (Phi) is 4.41. The number of ether oxygens (including phenoxy) is 1. The number of carbonyl (C=O) groups is 1. The number of rotatable bonds is 4. The minimum Gasteiger partial charge on any atom is -0.479 e. The monoisotopic (exact) mass is 286 g/mol. The van der Waals surface area contributed by atoms with Gasteiger partial charge in [0.2, 0.25) is 5.78 Å². The largest absolute Gasteiger partial charge is 0.479 e. The third-order valence-corrected chi connectivity index (χ3v) is 3.55. The maximum Gasteiger partial charge on any atom is 0.203 e. The maximum atomic E-state index is 13.7. The van der Waals surface area contributed by atoms with E-state index in [-0.39, 0.29) is 11.5 Å². The summed E-state index contributed by atoms with van der Waals surface area (Å²) in [6.45, 7) is 7.44. The highest BCUT2D eigenvalue weighted by Gasteiger charge is 2.19. The lowest BCUT2D eigenvalue weighted by molar-refractivity contribution is 0.0812. The van der Waals surface area contributed by atoms with Gasteiger partial charge in [-0.1, -0.05) is 18.2 Å². The molecule has 2 nitrogen and oxygen atoms in total. The van der Waals surface area contributed by atoms with Crippen molar-refractivity contribution < 1.29 is 13.9 Å². The summed E-state index contributed by atoms with van der Waals surface area (Å²) in [7, 11) is 0. The van der Waals surface area contributed by atoms with Gasteiger partial charge in [-0.2, -0.15) is 0 Å². The molecule has 2 aromatic rings. The molecule has 0 spiro atoms. The first-order valence-corrected chi connectivity index (χ1v) is 6.93. The Morgan fingerprint density at radius 1 is 1.05 bits per heavy atom. The molecule has 0 aliphatic rings. The van der Waals surface area contributed by atoms with E-state index in [0.717, 1.165) is 16.7 Å². The minimum atomic E-state index is -0.733. The zero-order valence-electron chi connectivity index (χ0n) is 12.7. The molecule has 110 valence electrons. The molecule has 0 bridgehead atoms. The standard InChI is InChI=1S/C18H19FO2/c1-11-5-8-16(19)17(9-11)21-14(4)18(20)15-7-6-12(2)13(3)10-15/h5-10,14H,1-4H3. The van der Waals surface area contributed by atoms with Crippen LogP contribution in [0.3, 0.4) is 0 Å². The summed E-state index contributed by atoms with van der Waals surface area (Å²) in [6, 6.07) is 10.1. The molecule has 3 heteroatoms. The molecule has 2 aromatic carbocycles. The van der Waals surface area contributed by atoms with E-state index in [1.54, 1.807) is 25.1 Å². The molecule has 0 saturated carbocycles. The van der Waals surface area contributed by atoms with Crippen molar-refractivity contribution in [3.8, 4) is 5.75 Å². The molecule has 2 rings (SSSR count). The molecule has 0 N–H and O–H groups in total. The van der Waals surface area contributed by atoms with Gasteiger partial charge < -0.3 is 4.74 Å². The second kappa shape index (κ2) is 6.08. The first-order chi connectivity index (χ1) is 9.88. The van der Waals surface area contributed by atoms with Crippen molar-refractivity contribution in [2.75, 3.05) is 0 Å². The average Bonchev–Trinajstić information content (AvgIpc) is 2.45. The van der Waals surface area contributed by atoms with Crippen molar-refractivity contribution in [2.45, 2.75) is 33.8 Å². The molecule has 1 unspecified atom stereocenters. The van der Waals surface area contributed by atoms with Crippen LogP contribution < -0.4 is 4.74 Å². The quantitative estimate of drug-likeness (QED) is 0.779. The lowest BCUT2D eigenvalue weighted by atomic mass is 10.0. The van der Waals surface area contributed by atoms with Gasteiger partial charge in [0.15, 0.2) is 17.7 Å². The van der Waals surface area contributed by atoms with Crippen LogP contribution in [-0.2, 0) is 0 Å². The van der Waals surface area contributed by atoms with Gasteiger partial charge in [0.25, 0.3) is 0 Å². The SMILES string of the molecule is Cc1ccc(F)c(OC(C)C(=O)c2ccc(C)c(C)c2)c1. The van der Waals surface area contributed by atoms with Crippen molar-refractivity contribution in [1.82, 2.24) is 0 Å². The number of hydrogen-bond acceptors (Lipinski definition) is 2. The van der Waals surface area contributed by atoms with Crippen molar-refractivity contribution in [3.05, 3.63) is 64.5 Å². The van der Waals surface area contributed by atoms with Crippen molar-refractivity contribution in [3.63, 3.8) is 0 Å². The number of ketones is 1. The number of Topliss-reactive ketones (excluding diaryl/α,β-unsaturated/α-hetero) is 1. The number of aryl methyl sites for hydroxylation is 3. The predicted octanol–water partition coefficient (Wildman–Crippen LogP) is 4.40. The van der Waals surface area contributed by atoms with Crippen molar-refractivity contribution >= 4 is 5.78 Å². The molecular weight excluding hydrogens is 267 g/mol. The van der Waals surface area contributed by atoms with Crippen LogP contribution in [0, 0.1) is 26.6 Å². The summed E-state index contributed by atoms with van der Waals surface area (Å²) in [4.78, 5) is 12.4. The highest BCUT2D eigenvalue weighted by Crippen LogP contribution is 2.21. The van der Waals surface area contributed by atoms with Gasteiger partial charge in [-0.05, 0) is 62.6 Å². The molecule has 0 radical (unpaired) electrons. The molecule has 0 aliphatic carbocycles. The van der Waals surface area contributed by atoms with E-state index < -0.39 is 11.9 Å². The van der Waals surface area contributed by atoms with Gasteiger partial charge >= 0.3 is 0 Å². The van der Waals surface area contributed by atoms with E-state index in [0.29, 0.717) is 5.56 Å². The molecule has 0 saturated heterocycles. The molecule has 0 aromatic heterocycles. The third kappa shape index (κ3) is 3.48. The van der Waals surface area contributed by atoms with E-state index in [1.807, 2.05) is 32.9 Å². The molecular formula is C18H19FO2. The van der Waals surface area contributed by atoms with E-state index in [2.05, 4.69) is 0 Å². The molecule has 0 fully saturated rings. The fourth-order valence-corrected chi connectivity index (χ4v) is 2.07. The van der Waals surface area contributed by atoms with Crippen LogP contribution in [0.15, 0.2) is 36.4 Å². The summed E-state index contributed by atoms with van der Waals surface area (Å²) in [5.41, 5.74) is 3.65. The van der Waals surface area contributed by atoms with Crippen molar-refractivity contribution in [2.24, 2.45) is 0 Å². The summed E-state index contributed by atoms with van der Waals surface area (Å²) in [5.74, 6) is -0.501. The fourth-order valence-electron chi connectivity index (χ4n) is 2.07. The zero-order valence-corrected chi connectivity index (χ0v) is 12.7. The summed E-state index contributed by atoms with van der Waals surface area (Å²) >= 11 is 0. The summed E-state index contributed by atoms with van der Waals surface area (Å²) < 4.78 is 19.2. The maximum absolute atomic E-state index is 13.7. The van der Waals surface area contributed by atoms with Gasteiger partial charge in [-0.15, -0.1) is 0 Å². The van der Waals surface area contributed by atoms with Crippen LogP contribution in [-0.4, -0.2) is 11.9 Å². The summed E-state index contributed by atoms with van der Waals surface area (Å²) in [5, 5.41) is 0. The zero-order chi connectivity index (χ0) is 15.6. The summed E-state index contributed by atoms with van der Waals surface area (Å²) in [6.07, 6.45) is -0.733. The Bertz CT molecular complexity index is 677. The molecule has 0 heterocycles. The fraction of sp³-hybridized carbons (Fsp3) is 0.278. The first-order valence-electron chi connectivity index (χ1n) is 6.93. The first kappa shape index (κ1) is 15.2. The number of halogens is 1.